The van der Waals surface area contributed by atoms with E-state index in [9.17, 15) is 0 Å². The fourth-order valence-electron chi connectivity index (χ4n) is 1.65. The summed E-state index contributed by atoms with van der Waals surface area (Å²) in [5.41, 5.74) is 1.17. The zero-order chi connectivity index (χ0) is 9.38. The average molecular weight is 187 g/mol. The number of nitrogens with one attached hydrogen (secondary N) is 1. The molecule has 2 aromatic heterocycles. The molecule has 1 fully saturated rings. The second kappa shape index (κ2) is 3.10. The van der Waals surface area contributed by atoms with Gasteiger partial charge >= 0.3 is 0 Å². The van der Waals surface area contributed by atoms with Crippen LogP contribution in [0.15, 0.2) is 30.6 Å². The van der Waals surface area contributed by atoms with Gasteiger partial charge in [-0.3, -0.25) is 0 Å². The van der Waals surface area contributed by atoms with Crippen LogP contribution in [-0.2, 0) is 6.54 Å². The minimum absolute atomic E-state index is 0.742. The van der Waals surface area contributed by atoms with Gasteiger partial charge < -0.3 is 9.72 Å². The first-order valence-corrected chi connectivity index (χ1v) is 5.08. The van der Waals surface area contributed by atoms with Crippen LogP contribution < -0.4 is 5.32 Å². The third-order valence-electron chi connectivity index (χ3n) is 2.64. The van der Waals surface area contributed by atoms with Gasteiger partial charge in [0.25, 0.3) is 0 Å². The van der Waals surface area contributed by atoms with Crippen molar-refractivity contribution in [2.75, 3.05) is 0 Å². The molecule has 0 spiro atoms. The van der Waals surface area contributed by atoms with Crippen LogP contribution in [0.2, 0.25) is 0 Å². The van der Waals surface area contributed by atoms with Crippen molar-refractivity contribution in [2.24, 2.45) is 0 Å². The SMILES string of the molecule is c1ccn2c(CNC3CC3)ncc2c1. The van der Waals surface area contributed by atoms with E-state index in [0.29, 0.717) is 0 Å². The molecule has 14 heavy (non-hydrogen) atoms. The van der Waals surface area contributed by atoms with Gasteiger partial charge in [0, 0.05) is 12.2 Å². The molecule has 3 rings (SSSR count). The molecule has 1 saturated carbocycles. The number of hydrogen-bond donors (Lipinski definition) is 1. The van der Waals surface area contributed by atoms with Crippen LogP contribution in [0.3, 0.4) is 0 Å². The van der Waals surface area contributed by atoms with Crippen LogP contribution in [0.25, 0.3) is 5.52 Å². The zero-order valence-corrected chi connectivity index (χ0v) is 7.98. The number of rotatable bonds is 3. The molecule has 0 bridgehead atoms. The highest BCUT2D eigenvalue weighted by Gasteiger charge is 2.20. The van der Waals surface area contributed by atoms with E-state index in [0.717, 1.165) is 18.4 Å². The number of aromatic nitrogens is 2. The molecule has 0 aliphatic heterocycles. The van der Waals surface area contributed by atoms with Gasteiger partial charge in [-0.1, -0.05) is 6.07 Å². The summed E-state index contributed by atoms with van der Waals surface area (Å²) in [5.74, 6) is 1.10. The minimum atomic E-state index is 0.742. The molecule has 0 unspecified atom stereocenters. The van der Waals surface area contributed by atoms with Gasteiger partial charge in [-0.05, 0) is 25.0 Å². The minimum Gasteiger partial charge on any atom is -0.307 e. The lowest BCUT2D eigenvalue weighted by molar-refractivity contribution is 0.656. The summed E-state index contributed by atoms with van der Waals surface area (Å²) in [6, 6.07) is 6.89. The highest BCUT2D eigenvalue weighted by Crippen LogP contribution is 2.19. The Balaban J connectivity index is 1.87. The Morgan fingerprint density at radius 2 is 2.36 bits per heavy atom. The van der Waals surface area contributed by atoms with Crippen molar-refractivity contribution in [3.63, 3.8) is 0 Å². The fourth-order valence-corrected chi connectivity index (χ4v) is 1.65. The maximum Gasteiger partial charge on any atom is 0.127 e. The molecule has 1 aliphatic rings. The van der Waals surface area contributed by atoms with Crippen LogP contribution in [0, 0.1) is 0 Å². The van der Waals surface area contributed by atoms with Crippen LogP contribution in [0.5, 0.6) is 0 Å². The molecule has 3 nitrogen and oxygen atoms in total. The van der Waals surface area contributed by atoms with E-state index < -0.39 is 0 Å². The predicted molar refractivity (Wildman–Crippen MR) is 55.1 cm³/mol. The van der Waals surface area contributed by atoms with Gasteiger partial charge in [-0.2, -0.15) is 0 Å². The Kier molecular flexibility index (Phi) is 1.77. The van der Waals surface area contributed by atoms with Crippen molar-refractivity contribution in [2.45, 2.75) is 25.4 Å². The summed E-state index contributed by atoms with van der Waals surface area (Å²) in [4.78, 5) is 4.40. The monoisotopic (exact) mass is 187 g/mol. The molecule has 0 atom stereocenters. The van der Waals surface area contributed by atoms with Gasteiger partial charge in [-0.25, -0.2) is 4.98 Å². The Morgan fingerprint density at radius 1 is 1.43 bits per heavy atom. The largest absolute Gasteiger partial charge is 0.307 e. The summed E-state index contributed by atoms with van der Waals surface area (Å²) in [6.07, 6.45) is 6.63. The van der Waals surface area contributed by atoms with E-state index in [4.69, 9.17) is 0 Å². The van der Waals surface area contributed by atoms with E-state index in [-0.39, 0.29) is 0 Å². The Morgan fingerprint density at radius 3 is 3.21 bits per heavy atom. The van der Waals surface area contributed by atoms with E-state index in [1.54, 1.807) is 0 Å². The topological polar surface area (TPSA) is 29.3 Å². The van der Waals surface area contributed by atoms with Crippen molar-refractivity contribution in [3.8, 4) is 0 Å². The first kappa shape index (κ1) is 8.00. The van der Waals surface area contributed by atoms with Crippen molar-refractivity contribution in [1.29, 1.82) is 0 Å². The van der Waals surface area contributed by atoms with E-state index >= 15 is 0 Å². The molecule has 0 radical (unpaired) electrons. The number of nitrogens with zero attached hydrogens (tertiary/aromatic N) is 2. The van der Waals surface area contributed by atoms with Crippen LogP contribution in [0.4, 0.5) is 0 Å². The quantitative estimate of drug-likeness (QED) is 0.790. The summed E-state index contributed by atoms with van der Waals surface area (Å²) in [7, 11) is 0. The van der Waals surface area contributed by atoms with Crippen molar-refractivity contribution < 1.29 is 0 Å². The lowest BCUT2D eigenvalue weighted by Gasteiger charge is -2.01. The van der Waals surface area contributed by atoms with Crippen LogP contribution in [0.1, 0.15) is 18.7 Å². The van der Waals surface area contributed by atoms with Gasteiger partial charge in [0.05, 0.1) is 18.3 Å². The first-order chi connectivity index (χ1) is 6.93. The normalized spacial score (nSPS) is 16.3. The molecule has 0 aromatic carbocycles. The van der Waals surface area contributed by atoms with E-state index in [2.05, 4.69) is 27.0 Å². The molecule has 0 saturated heterocycles. The third kappa shape index (κ3) is 1.40. The maximum atomic E-state index is 4.40. The van der Waals surface area contributed by atoms with Crippen molar-refractivity contribution in [3.05, 3.63) is 36.4 Å². The number of fused-ring (bicyclic) bond motifs is 1. The lowest BCUT2D eigenvalue weighted by atomic mass is 10.4. The fraction of sp³-hybridized carbons (Fsp3) is 0.364. The number of pyridine rings is 1. The lowest BCUT2D eigenvalue weighted by Crippen LogP contribution is -2.17. The summed E-state index contributed by atoms with van der Waals surface area (Å²) in [6.45, 7) is 0.878. The van der Waals surface area contributed by atoms with Crippen molar-refractivity contribution in [1.82, 2.24) is 14.7 Å². The van der Waals surface area contributed by atoms with E-state index in [1.807, 2.05) is 18.3 Å². The van der Waals surface area contributed by atoms with E-state index in [1.165, 1.54) is 18.4 Å². The molecule has 2 aromatic rings. The van der Waals surface area contributed by atoms with Gasteiger partial charge in [0.1, 0.15) is 5.82 Å². The molecule has 1 N–H and O–H groups in total. The second-order valence-electron chi connectivity index (χ2n) is 3.83. The smallest absolute Gasteiger partial charge is 0.127 e. The van der Waals surface area contributed by atoms with Crippen molar-refractivity contribution >= 4 is 5.52 Å². The number of hydrogen-bond acceptors (Lipinski definition) is 2. The summed E-state index contributed by atoms with van der Waals surface area (Å²) < 4.78 is 2.13. The molecule has 72 valence electrons. The average Bonchev–Trinajstić information content (AvgIpc) is 2.96. The summed E-state index contributed by atoms with van der Waals surface area (Å²) in [5, 5.41) is 3.47. The van der Waals surface area contributed by atoms with Crippen LogP contribution >= 0.6 is 0 Å². The Labute approximate surface area is 82.8 Å². The molecule has 0 amide bonds. The van der Waals surface area contributed by atoms with Crippen LogP contribution in [-0.4, -0.2) is 15.4 Å². The zero-order valence-electron chi connectivity index (χ0n) is 7.98. The van der Waals surface area contributed by atoms with Gasteiger partial charge in [-0.15, -0.1) is 0 Å². The first-order valence-electron chi connectivity index (χ1n) is 5.08. The second-order valence-corrected chi connectivity index (χ2v) is 3.83. The molecular formula is C11H13N3. The highest BCUT2D eigenvalue weighted by molar-refractivity contribution is 5.45. The molecule has 2 heterocycles. The Bertz CT molecular complexity index is 442. The third-order valence-corrected chi connectivity index (χ3v) is 2.64. The molecule has 3 heteroatoms. The van der Waals surface area contributed by atoms with Gasteiger partial charge in [0.15, 0.2) is 0 Å². The predicted octanol–water partition coefficient (Wildman–Crippen LogP) is 1.59. The molecule has 1 aliphatic carbocycles. The molecular weight excluding hydrogens is 174 g/mol. The number of imidazole rings is 1. The Hall–Kier alpha value is -1.35. The maximum absolute atomic E-state index is 4.40. The summed E-state index contributed by atoms with van der Waals surface area (Å²) >= 11 is 0. The standard InChI is InChI=1S/C11H13N3/c1-2-6-14-10(3-1)7-13-11(14)8-12-9-4-5-9/h1-3,6-7,9,12H,4-5,8H2. The van der Waals surface area contributed by atoms with Gasteiger partial charge in [0.2, 0.25) is 0 Å². The highest BCUT2D eigenvalue weighted by atomic mass is 15.1.